The topological polar surface area (TPSA) is 55.4 Å². The number of nitrogens with zero attached hydrogens (tertiary/aromatic N) is 5. The summed E-state index contributed by atoms with van der Waals surface area (Å²) in [6.45, 7) is 3.58. The van der Waals surface area contributed by atoms with Crippen molar-refractivity contribution in [2.75, 3.05) is 13.1 Å². The Labute approximate surface area is 138 Å². The van der Waals surface area contributed by atoms with Crippen molar-refractivity contribution in [3.8, 4) is 0 Å². The number of rotatable bonds is 2. The van der Waals surface area contributed by atoms with Crippen LogP contribution in [0.2, 0.25) is 0 Å². The smallest absolute Gasteiger partial charge is 0.257 e. The first-order chi connectivity index (χ1) is 11.1. The van der Waals surface area contributed by atoms with Crippen molar-refractivity contribution in [3.05, 3.63) is 41.1 Å². The SMILES string of the molecule is Cc1nc([C@@H]2CCCN(C(=O)c3cnn(C)c3)C2)c2sccn12. The standard InChI is InChI=1S/C16H19N5OS/c1-11-18-14(16-21(11)6-7-23-16)12-4-3-5-20(10-12)15(22)13-8-17-19(2)9-13/h6-9,12H,3-5,10H2,1-2H3/t12-/m1/s1. The summed E-state index contributed by atoms with van der Waals surface area (Å²) in [4.78, 5) is 20.6. The second-order valence-electron chi connectivity index (χ2n) is 6.12. The fraction of sp³-hybridized carbons (Fsp3) is 0.438. The number of carbonyl (C=O) groups excluding carboxylic acids is 1. The predicted molar refractivity (Wildman–Crippen MR) is 88.9 cm³/mol. The van der Waals surface area contributed by atoms with Crippen LogP contribution in [0.4, 0.5) is 0 Å². The van der Waals surface area contributed by atoms with E-state index in [1.807, 2.05) is 18.9 Å². The lowest BCUT2D eigenvalue weighted by molar-refractivity contribution is 0.0706. The highest BCUT2D eigenvalue weighted by molar-refractivity contribution is 7.15. The van der Waals surface area contributed by atoms with Crippen LogP contribution < -0.4 is 0 Å². The van der Waals surface area contributed by atoms with E-state index in [2.05, 4.69) is 21.1 Å². The Hall–Kier alpha value is -2.15. The van der Waals surface area contributed by atoms with E-state index >= 15 is 0 Å². The molecule has 1 fully saturated rings. The Morgan fingerprint density at radius 2 is 2.30 bits per heavy atom. The third-order valence-electron chi connectivity index (χ3n) is 4.51. The highest BCUT2D eigenvalue weighted by atomic mass is 32.1. The molecule has 1 saturated heterocycles. The molecule has 0 aromatic carbocycles. The van der Waals surface area contributed by atoms with Crippen LogP contribution >= 0.6 is 11.3 Å². The maximum Gasteiger partial charge on any atom is 0.257 e. The molecule has 0 radical (unpaired) electrons. The first-order valence-electron chi connectivity index (χ1n) is 7.83. The largest absolute Gasteiger partial charge is 0.338 e. The van der Waals surface area contributed by atoms with Crippen molar-refractivity contribution >= 4 is 22.1 Å². The second-order valence-corrected chi connectivity index (χ2v) is 7.01. The van der Waals surface area contributed by atoms with Crippen LogP contribution in [0.1, 0.15) is 40.6 Å². The number of amides is 1. The first kappa shape index (κ1) is 14.4. The van der Waals surface area contributed by atoms with Crippen LogP contribution in [0, 0.1) is 6.92 Å². The van der Waals surface area contributed by atoms with Crippen LogP contribution in [0.5, 0.6) is 0 Å². The molecule has 0 saturated carbocycles. The van der Waals surface area contributed by atoms with Crippen LogP contribution in [0.3, 0.4) is 0 Å². The Morgan fingerprint density at radius 3 is 3.09 bits per heavy atom. The summed E-state index contributed by atoms with van der Waals surface area (Å²) in [6, 6.07) is 0. The molecule has 23 heavy (non-hydrogen) atoms. The van der Waals surface area contributed by atoms with Crippen molar-refractivity contribution in [1.82, 2.24) is 24.1 Å². The molecule has 120 valence electrons. The molecule has 1 aliphatic rings. The minimum absolute atomic E-state index is 0.0705. The van der Waals surface area contributed by atoms with Gasteiger partial charge < -0.3 is 4.90 Å². The summed E-state index contributed by atoms with van der Waals surface area (Å²) in [5.41, 5.74) is 1.80. The van der Waals surface area contributed by atoms with E-state index in [4.69, 9.17) is 4.98 Å². The Kier molecular flexibility index (Phi) is 3.45. The van der Waals surface area contributed by atoms with Crippen molar-refractivity contribution in [3.63, 3.8) is 0 Å². The van der Waals surface area contributed by atoms with Gasteiger partial charge in [-0.3, -0.25) is 13.9 Å². The Balaban J connectivity index is 1.59. The number of piperidine rings is 1. The van der Waals surface area contributed by atoms with E-state index in [1.54, 1.807) is 28.4 Å². The average molecular weight is 329 g/mol. The zero-order chi connectivity index (χ0) is 16.0. The minimum Gasteiger partial charge on any atom is -0.338 e. The number of hydrogen-bond donors (Lipinski definition) is 0. The predicted octanol–water partition coefficient (Wildman–Crippen LogP) is 2.46. The lowest BCUT2D eigenvalue weighted by Gasteiger charge is -2.31. The van der Waals surface area contributed by atoms with E-state index in [1.165, 1.54) is 4.83 Å². The molecule has 0 spiro atoms. The number of hydrogen-bond acceptors (Lipinski definition) is 4. The summed E-state index contributed by atoms with van der Waals surface area (Å²) in [5, 5.41) is 6.19. The van der Waals surface area contributed by atoms with Gasteiger partial charge in [0, 0.05) is 43.8 Å². The third kappa shape index (κ3) is 2.45. The molecular formula is C16H19N5OS. The maximum atomic E-state index is 12.7. The van der Waals surface area contributed by atoms with Gasteiger partial charge in [0.25, 0.3) is 5.91 Å². The summed E-state index contributed by atoms with van der Waals surface area (Å²) >= 11 is 1.72. The van der Waals surface area contributed by atoms with Gasteiger partial charge in [0.2, 0.25) is 0 Å². The fourth-order valence-corrected chi connectivity index (χ4v) is 4.31. The van der Waals surface area contributed by atoms with E-state index in [0.29, 0.717) is 11.5 Å². The molecule has 3 aromatic rings. The number of imidazole rings is 1. The third-order valence-corrected chi connectivity index (χ3v) is 5.39. The van der Waals surface area contributed by atoms with Crippen LogP contribution in [0.15, 0.2) is 24.0 Å². The second kappa shape index (κ2) is 5.49. The Bertz CT molecular complexity index is 861. The highest BCUT2D eigenvalue weighted by Gasteiger charge is 2.29. The quantitative estimate of drug-likeness (QED) is 0.726. The lowest BCUT2D eigenvalue weighted by atomic mass is 9.95. The molecule has 7 heteroatoms. The molecule has 0 unspecified atom stereocenters. The normalized spacial score (nSPS) is 18.7. The van der Waals surface area contributed by atoms with E-state index in [0.717, 1.165) is 37.4 Å². The molecular weight excluding hydrogens is 310 g/mol. The summed E-state index contributed by atoms with van der Waals surface area (Å²) in [5.74, 6) is 1.40. The van der Waals surface area contributed by atoms with Gasteiger partial charge in [0.1, 0.15) is 10.7 Å². The van der Waals surface area contributed by atoms with Gasteiger partial charge in [-0.2, -0.15) is 5.10 Å². The van der Waals surface area contributed by atoms with Crippen LogP contribution in [-0.4, -0.2) is 43.1 Å². The van der Waals surface area contributed by atoms with Crippen molar-refractivity contribution in [1.29, 1.82) is 0 Å². The molecule has 1 aliphatic heterocycles. The average Bonchev–Trinajstić information content (AvgIpc) is 3.25. The summed E-state index contributed by atoms with van der Waals surface area (Å²) in [6.07, 6.45) is 7.59. The molecule has 0 aliphatic carbocycles. The van der Waals surface area contributed by atoms with Gasteiger partial charge in [0.15, 0.2) is 0 Å². The van der Waals surface area contributed by atoms with Gasteiger partial charge in [-0.1, -0.05) is 0 Å². The molecule has 3 aromatic heterocycles. The van der Waals surface area contributed by atoms with E-state index < -0.39 is 0 Å². The van der Waals surface area contributed by atoms with Crippen LogP contribution in [-0.2, 0) is 7.05 Å². The van der Waals surface area contributed by atoms with E-state index in [-0.39, 0.29) is 5.91 Å². The number of aryl methyl sites for hydroxylation is 2. The first-order valence-corrected chi connectivity index (χ1v) is 8.71. The number of fused-ring (bicyclic) bond motifs is 1. The molecule has 4 rings (SSSR count). The van der Waals surface area contributed by atoms with Crippen molar-refractivity contribution < 1.29 is 4.79 Å². The van der Waals surface area contributed by atoms with Crippen molar-refractivity contribution in [2.24, 2.45) is 7.05 Å². The number of aromatic nitrogens is 4. The highest BCUT2D eigenvalue weighted by Crippen LogP contribution is 2.32. The number of carbonyl (C=O) groups is 1. The van der Waals surface area contributed by atoms with Crippen molar-refractivity contribution in [2.45, 2.75) is 25.7 Å². The number of thiazole rings is 1. The maximum absolute atomic E-state index is 12.7. The van der Waals surface area contributed by atoms with Gasteiger partial charge in [0.05, 0.1) is 17.5 Å². The minimum atomic E-state index is 0.0705. The number of likely N-dealkylation sites (tertiary alicyclic amines) is 1. The van der Waals surface area contributed by atoms with Crippen LogP contribution in [0.25, 0.3) is 4.83 Å². The van der Waals surface area contributed by atoms with Gasteiger partial charge in [-0.25, -0.2) is 4.98 Å². The summed E-state index contributed by atoms with van der Waals surface area (Å²) < 4.78 is 3.81. The zero-order valence-electron chi connectivity index (χ0n) is 13.3. The summed E-state index contributed by atoms with van der Waals surface area (Å²) in [7, 11) is 1.83. The lowest BCUT2D eigenvalue weighted by Crippen LogP contribution is -2.39. The molecule has 0 bridgehead atoms. The van der Waals surface area contributed by atoms with Gasteiger partial charge >= 0.3 is 0 Å². The van der Waals surface area contributed by atoms with Gasteiger partial charge in [-0.05, 0) is 19.8 Å². The molecule has 1 amide bonds. The monoisotopic (exact) mass is 329 g/mol. The molecule has 6 nitrogen and oxygen atoms in total. The molecule has 1 atom stereocenters. The Morgan fingerprint density at radius 1 is 1.43 bits per heavy atom. The van der Waals surface area contributed by atoms with Gasteiger partial charge in [-0.15, -0.1) is 11.3 Å². The zero-order valence-corrected chi connectivity index (χ0v) is 14.1. The van der Waals surface area contributed by atoms with E-state index in [9.17, 15) is 4.79 Å². The molecule has 4 heterocycles. The molecule has 0 N–H and O–H groups in total. The fourth-order valence-electron chi connectivity index (χ4n) is 3.36.